The minimum absolute atomic E-state index is 0.141. The van der Waals surface area contributed by atoms with E-state index in [2.05, 4.69) is 10.1 Å². The Hall–Kier alpha value is -1.68. The lowest BCUT2D eigenvalue weighted by molar-refractivity contribution is 0.235. The molecule has 0 saturated carbocycles. The Morgan fingerprint density at radius 3 is 3.04 bits per heavy atom. The maximum absolute atomic E-state index is 13.4. The van der Waals surface area contributed by atoms with Gasteiger partial charge in [0, 0.05) is 24.6 Å². The van der Waals surface area contributed by atoms with Gasteiger partial charge in [-0.15, -0.1) is 0 Å². The Balaban J connectivity index is 1.47. The van der Waals surface area contributed by atoms with E-state index in [0.717, 1.165) is 49.4 Å². The molecule has 0 radical (unpaired) electrons. The molecule has 0 bridgehead atoms. The van der Waals surface area contributed by atoms with Crippen LogP contribution in [-0.4, -0.2) is 22.6 Å². The Morgan fingerprint density at radius 1 is 1.22 bits per heavy atom. The quantitative estimate of drug-likeness (QED) is 0.857. The molecule has 1 aliphatic heterocycles. The number of rotatable bonds is 4. The Labute approximate surface area is 136 Å². The van der Waals surface area contributed by atoms with Crippen molar-refractivity contribution in [1.29, 1.82) is 0 Å². The average Bonchev–Trinajstić information content (AvgIpc) is 3.16. The number of nitrogens with zero attached hydrogens (tertiary/aromatic N) is 2. The van der Waals surface area contributed by atoms with Crippen LogP contribution in [0.3, 0.4) is 0 Å². The lowest BCUT2D eigenvalue weighted by Crippen LogP contribution is -2.31. The fourth-order valence-corrected chi connectivity index (χ4v) is 4.04. The van der Waals surface area contributed by atoms with Gasteiger partial charge in [0.25, 0.3) is 0 Å². The molecular formula is C19H23FN2O. The maximum Gasteiger partial charge on any atom is 0.140 e. The van der Waals surface area contributed by atoms with Crippen LogP contribution in [0.5, 0.6) is 0 Å². The van der Waals surface area contributed by atoms with Crippen molar-refractivity contribution in [1.82, 2.24) is 10.1 Å². The molecule has 3 nitrogen and oxygen atoms in total. The third-order valence-corrected chi connectivity index (χ3v) is 5.24. The summed E-state index contributed by atoms with van der Waals surface area (Å²) in [5.74, 6) is 0.963. The third-order valence-electron chi connectivity index (χ3n) is 5.24. The van der Waals surface area contributed by atoms with E-state index in [9.17, 15) is 4.39 Å². The highest BCUT2D eigenvalue weighted by molar-refractivity contribution is 5.25. The van der Waals surface area contributed by atoms with Crippen LogP contribution >= 0.6 is 0 Å². The zero-order valence-corrected chi connectivity index (χ0v) is 13.4. The minimum atomic E-state index is -0.141. The summed E-state index contributed by atoms with van der Waals surface area (Å²) in [5.41, 5.74) is 3.57. The van der Waals surface area contributed by atoms with Gasteiger partial charge < -0.3 is 4.52 Å². The first-order chi connectivity index (χ1) is 11.3. The molecule has 23 heavy (non-hydrogen) atoms. The summed E-state index contributed by atoms with van der Waals surface area (Å²) in [5, 5.41) is 4.34. The van der Waals surface area contributed by atoms with E-state index in [-0.39, 0.29) is 5.82 Å². The zero-order chi connectivity index (χ0) is 15.6. The second-order valence-electron chi connectivity index (χ2n) is 6.84. The Morgan fingerprint density at radius 2 is 2.13 bits per heavy atom. The van der Waals surface area contributed by atoms with Gasteiger partial charge in [-0.3, -0.25) is 4.90 Å². The van der Waals surface area contributed by atoms with Crippen molar-refractivity contribution < 1.29 is 8.91 Å². The summed E-state index contributed by atoms with van der Waals surface area (Å²) < 4.78 is 18.9. The van der Waals surface area contributed by atoms with Crippen molar-refractivity contribution in [2.45, 2.75) is 57.5 Å². The number of likely N-dealkylation sites (tertiary alicyclic amines) is 1. The van der Waals surface area contributed by atoms with Crippen molar-refractivity contribution in [3.8, 4) is 0 Å². The number of aryl methyl sites for hydroxylation is 1. The van der Waals surface area contributed by atoms with Crippen LogP contribution in [-0.2, 0) is 25.8 Å². The molecule has 2 heterocycles. The van der Waals surface area contributed by atoms with E-state index >= 15 is 0 Å². The molecule has 1 aromatic carbocycles. The van der Waals surface area contributed by atoms with E-state index < -0.39 is 0 Å². The fraction of sp³-hybridized carbons (Fsp3) is 0.526. The summed E-state index contributed by atoms with van der Waals surface area (Å²) in [4.78, 5) is 2.50. The van der Waals surface area contributed by atoms with Crippen LogP contribution in [0.4, 0.5) is 4.39 Å². The second-order valence-corrected chi connectivity index (χ2v) is 6.84. The van der Waals surface area contributed by atoms with Gasteiger partial charge >= 0.3 is 0 Å². The van der Waals surface area contributed by atoms with Crippen LogP contribution < -0.4 is 0 Å². The minimum Gasteiger partial charge on any atom is -0.361 e. The molecule has 1 fully saturated rings. The maximum atomic E-state index is 13.4. The number of aromatic nitrogens is 1. The number of hydrogen-bond donors (Lipinski definition) is 0. The van der Waals surface area contributed by atoms with E-state index in [4.69, 9.17) is 4.52 Å². The van der Waals surface area contributed by atoms with Crippen molar-refractivity contribution in [3.05, 3.63) is 52.7 Å². The number of hydrogen-bond acceptors (Lipinski definition) is 3. The molecule has 2 aromatic rings. The first-order valence-electron chi connectivity index (χ1n) is 8.74. The van der Waals surface area contributed by atoms with Crippen LogP contribution in [0.1, 0.15) is 48.3 Å². The molecule has 4 heteroatoms. The Kier molecular flexibility index (Phi) is 4.17. The van der Waals surface area contributed by atoms with E-state index in [0.29, 0.717) is 6.04 Å². The molecule has 1 aliphatic carbocycles. The standard InChI is InChI=1S/C19H23FN2O/c20-15-6-3-5-14(11-15)12-16-7-4-10-22(16)13-18-17-8-1-2-9-19(17)23-21-18/h3,5-6,11,16H,1-2,4,7-10,12-13H2. The fourth-order valence-electron chi connectivity index (χ4n) is 4.04. The summed E-state index contributed by atoms with van der Waals surface area (Å²) in [6.45, 7) is 1.97. The van der Waals surface area contributed by atoms with Gasteiger partial charge in [-0.05, 0) is 62.8 Å². The van der Waals surface area contributed by atoms with Crippen molar-refractivity contribution in [2.75, 3.05) is 6.54 Å². The summed E-state index contributed by atoms with van der Waals surface area (Å²) in [6.07, 6.45) is 7.90. The van der Waals surface area contributed by atoms with Crippen LogP contribution in [0.25, 0.3) is 0 Å². The molecule has 1 unspecified atom stereocenters. The summed E-state index contributed by atoms with van der Waals surface area (Å²) >= 11 is 0. The van der Waals surface area contributed by atoms with Crippen LogP contribution in [0.15, 0.2) is 28.8 Å². The first kappa shape index (κ1) is 14.9. The Bertz CT molecular complexity index is 682. The van der Waals surface area contributed by atoms with Gasteiger partial charge in [-0.2, -0.15) is 0 Å². The molecule has 1 atom stereocenters. The zero-order valence-electron chi connectivity index (χ0n) is 13.4. The smallest absolute Gasteiger partial charge is 0.140 e. The predicted octanol–water partition coefficient (Wildman–Crippen LogP) is 3.90. The van der Waals surface area contributed by atoms with Gasteiger partial charge in [0.05, 0.1) is 0 Å². The first-order valence-corrected chi connectivity index (χ1v) is 8.74. The number of fused-ring (bicyclic) bond motifs is 1. The molecular weight excluding hydrogens is 291 g/mol. The van der Waals surface area contributed by atoms with Gasteiger partial charge in [0.1, 0.15) is 17.3 Å². The average molecular weight is 314 g/mol. The van der Waals surface area contributed by atoms with E-state index in [1.165, 1.54) is 37.3 Å². The van der Waals surface area contributed by atoms with Crippen LogP contribution in [0.2, 0.25) is 0 Å². The van der Waals surface area contributed by atoms with Crippen LogP contribution in [0, 0.1) is 5.82 Å². The lowest BCUT2D eigenvalue weighted by Gasteiger charge is -2.24. The van der Waals surface area contributed by atoms with Gasteiger partial charge in [0.15, 0.2) is 0 Å². The number of benzene rings is 1. The van der Waals surface area contributed by atoms with Crippen molar-refractivity contribution in [2.24, 2.45) is 0 Å². The number of halogens is 1. The molecule has 1 saturated heterocycles. The highest BCUT2D eigenvalue weighted by Gasteiger charge is 2.28. The second kappa shape index (κ2) is 6.44. The van der Waals surface area contributed by atoms with Gasteiger partial charge in [-0.1, -0.05) is 17.3 Å². The molecule has 0 spiro atoms. The third kappa shape index (κ3) is 3.18. The topological polar surface area (TPSA) is 29.3 Å². The molecule has 1 aromatic heterocycles. The molecule has 122 valence electrons. The van der Waals surface area contributed by atoms with Crippen molar-refractivity contribution >= 4 is 0 Å². The highest BCUT2D eigenvalue weighted by atomic mass is 19.1. The van der Waals surface area contributed by atoms with E-state index in [1.54, 1.807) is 12.1 Å². The molecule has 0 N–H and O–H groups in total. The van der Waals surface area contributed by atoms with Gasteiger partial charge in [-0.25, -0.2) is 4.39 Å². The molecule has 4 rings (SSSR count). The van der Waals surface area contributed by atoms with Gasteiger partial charge in [0.2, 0.25) is 0 Å². The summed E-state index contributed by atoms with van der Waals surface area (Å²) in [7, 11) is 0. The van der Waals surface area contributed by atoms with E-state index in [1.807, 2.05) is 6.07 Å². The predicted molar refractivity (Wildman–Crippen MR) is 86.7 cm³/mol. The summed E-state index contributed by atoms with van der Waals surface area (Å²) in [6, 6.07) is 7.48. The molecule has 0 amide bonds. The normalized spacial score (nSPS) is 21.5. The SMILES string of the molecule is Fc1cccc(CC2CCCN2Cc2noc3c2CCCC3)c1. The van der Waals surface area contributed by atoms with Crippen molar-refractivity contribution in [3.63, 3.8) is 0 Å². The lowest BCUT2D eigenvalue weighted by atomic mass is 9.96. The highest BCUT2D eigenvalue weighted by Crippen LogP contribution is 2.28. The largest absolute Gasteiger partial charge is 0.361 e. The monoisotopic (exact) mass is 314 g/mol. The molecule has 2 aliphatic rings.